The van der Waals surface area contributed by atoms with Crippen molar-refractivity contribution in [2.24, 2.45) is 0 Å². The van der Waals surface area contributed by atoms with Crippen LogP contribution in [0, 0.1) is 17.0 Å². The minimum atomic E-state index is -1.46. The van der Waals surface area contributed by atoms with Gasteiger partial charge in [0.15, 0.2) is 0 Å². The summed E-state index contributed by atoms with van der Waals surface area (Å²) < 4.78 is 10.9. The van der Waals surface area contributed by atoms with E-state index in [9.17, 15) is 30.2 Å². The highest BCUT2D eigenvalue weighted by Gasteiger charge is 2.46. The number of rotatable bonds is 5. The third-order valence-electron chi connectivity index (χ3n) is 3.88. The molecule has 0 spiro atoms. The van der Waals surface area contributed by atoms with E-state index in [1.54, 1.807) is 6.92 Å². The van der Waals surface area contributed by atoms with Gasteiger partial charge in [0, 0.05) is 12.5 Å². The maximum atomic E-state index is 11.3. The summed E-state index contributed by atoms with van der Waals surface area (Å²) in [5.41, 5.74) is 0.271. The lowest BCUT2D eigenvalue weighted by molar-refractivity contribution is -0.385. The Hall–Kier alpha value is -2.27. The van der Waals surface area contributed by atoms with Crippen molar-refractivity contribution in [2.75, 3.05) is 6.61 Å². The first-order chi connectivity index (χ1) is 11.7. The molecule has 1 aromatic rings. The van der Waals surface area contributed by atoms with E-state index >= 15 is 0 Å². The van der Waals surface area contributed by atoms with E-state index in [0.29, 0.717) is 5.56 Å². The first-order valence-corrected chi connectivity index (χ1v) is 7.56. The number of nitrogens with one attached hydrogen (secondary N) is 1. The average molecular weight is 356 g/mol. The molecule has 1 fully saturated rings. The lowest BCUT2D eigenvalue weighted by atomic mass is 9.97. The smallest absolute Gasteiger partial charge is 0.276 e. The molecule has 1 saturated heterocycles. The predicted molar refractivity (Wildman–Crippen MR) is 83.8 cm³/mol. The highest BCUT2D eigenvalue weighted by molar-refractivity contribution is 5.73. The van der Waals surface area contributed by atoms with Gasteiger partial charge in [0.1, 0.15) is 30.1 Å². The monoisotopic (exact) mass is 356 g/mol. The Balaban J connectivity index is 2.28. The summed E-state index contributed by atoms with van der Waals surface area (Å²) in [5, 5.41) is 42.8. The van der Waals surface area contributed by atoms with Gasteiger partial charge in [-0.15, -0.1) is 0 Å². The highest BCUT2D eigenvalue weighted by Crippen LogP contribution is 2.28. The summed E-state index contributed by atoms with van der Waals surface area (Å²) >= 11 is 0. The number of nitrogens with zero attached hydrogens (tertiary/aromatic N) is 1. The number of nitro groups is 1. The molecule has 5 atom stereocenters. The minimum Gasteiger partial charge on any atom is -0.462 e. The molecule has 4 N–H and O–H groups in total. The fourth-order valence-corrected chi connectivity index (χ4v) is 2.56. The van der Waals surface area contributed by atoms with Crippen molar-refractivity contribution in [1.82, 2.24) is 5.32 Å². The number of aliphatic hydroxyl groups is 3. The zero-order valence-corrected chi connectivity index (χ0v) is 13.7. The Morgan fingerprint density at radius 1 is 1.40 bits per heavy atom. The Morgan fingerprint density at radius 3 is 2.64 bits per heavy atom. The van der Waals surface area contributed by atoms with Crippen LogP contribution in [0.25, 0.3) is 0 Å². The average Bonchev–Trinajstić information content (AvgIpc) is 2.55. The molecule has 25 heavy (non-hydrogen) atoms. The minimum absolute atomic E-state index is 0.0814. The van der Waals surface area contributed by atoms with Gasteiger partial charge in [-0.2, -0.15) is 0 Å². The van der Waals surface area contributed by atoms with Crippen molar-refractivity contribution in [3.8, 4) is 5.75 Å². The van der Waals surface area contributed by atoms with Crippen molar-refractivity contribution < 1.29 is 34.5 Å². The van der Waals surface area contributed by atoms with Gasteiger partial charge in [-0.25, -0.2) is 0 Å². The zero-order chi connectivity index (χ0) is 18.7. The van der Waals surface area contributed by atoms with Gasteiger partial charge in [-0.3, -0.25) is 14.9 Å². The summed E-state index contributed by atoms with van der Waals surface area (Å²) in [4.78, 5) is 21.8. The molecule has 0 aliphatic carbocycles. The number of hydrogen-bond acceptors (Lipinski definition) is 8. The Labute approximate surface area is 143 Å². The van der Waals surface area contributed by atoms with Crippen LogP contribution in [0.4, 0.5) is 5.69 Å². The molecule has 10 nitrogen and oxygen atoms in total. The van der Waals surface area contributed by atoms with E-state index < -0.39 is 48.1 Å². The van der Waals surface area contributed by atoms with Crippen LogP contribution in [0.2, 0.25) is 0 Å². The maximum Gasteiger partial charge on any atom is 0.276 e. The topological polar surface area (TPSA) is 151 Å². The second-order valence-electron chi connectivity index (χ2n) is 5.76. The van der Waals surface area contributed by atoms with Crippen LogP contribution in [0.15, 0.2) is 18.2 Å². The lowest BCUT2D eigenvalue weighted by Crippen LogP contribution is -2.65. The fourth-order valence-electron chi connectivity index (χ4n) is 2.56. The summed E-state index contributed by atoms with van der Waals surface area (Å²) in [5.74, 6) is -0.413. The van der Waals surface area contributed by atoms with E-state index in [4.69, 9.17) is 9.47 Å². The summed E-state index contributed by atoms with van der Waals surface area (Å²) in [6.07, 6.45) is -5.29. The molecule has 1 aliphatic heterocycles. The number of amides is 1. The molecule has 0 bridgehead atoms. The maximum absolute atomic E-state index is 11.3. The van der Waals surface area contributed by atoms with Crippen LogP contribution < -0.4 is 10.1 Å². The summed E-state index contributed by atoms with van der Waals surface area (Å²) in [7, 11) is 0. The summed E-state index contributed by atoms with van der Waals surface area (Å²) in [6, 6.07) is 3.02. The molecule has 10 heteroatoms. The number of aryl methyl sites for hydroxylation is 1. The van der Waals surface area contributed by atoms with Crippen LogP contribution in [0.1, 0.15) is 12.5 Å². The normalized spacial score (nSPS) is 29.1. The molecule has 1 heterocycles. The number of ether oxygens (including phenoxy) is 2. The Morgan fingerprint density at radius 2 is 2.08 bits per heavy atom. The van der Waals surface area contributed by atoms with E-state index in [1.165, 1.54) is 25.1 Å². The number of carbonyl (C=O) groups is 1. The Bertz CT molecular complexity index is 652. The Kier molecular flexibility index (Phi) is 5.90. The molecule has 1 amide bonds. The number of aliphatic hydroxyl groups excluding tert-OH is 3. The zero-order valence-electron chi connectivity index (χ0n) is 13.7. The predicted octanol–water partition coefficient (Wildman–Crippen LogP) is -0.774. The molecule has 0 radical (unpaired) electrons. The third kappa shape index (κ3) is 4.23. The van der Waals surface area contributed by atoms with Crippen LogP contribution in [0.3, 0.4) is 0 Å². The number of carbonyl (C=O) groups excluding carboxylic acids is 1. The highest BCUT2D eigenvalue weighted by atomic mass is 16.7. The third-order valence-corrected chi connectivity index (χ3v) is 3.88. The number of nitro benzene ring substituents is 1. The van der Waals surface area contributed by atoms with Crippen molar-refractivity contribution >= 4 is 11.6 Å². The molecule has 0 aromatic heterocycles. The largest absolute Gasteiger partial charge is 0.462 e. The van der Waals surface area contributed by atoms with Gasteiger partial charge in [0.25, 0.3) is 5.69 Å². The molecule has 0 saturated carbocycles. The lowest BCUT2D eigenvalue weighted by Gasteiger charge is -2.42. The van der Waals surface area contributed by atoms with Gasteiger partial charge in [0.05, 0.1) is 17.6 Å². The van der Waals surface area contributed by atoms with E-state index in [0.717, 1.165) is 0 Å². The van der Waals surface area contributed by atoms with E-state index in [2.05, 4.69) is 5.32 Å². The molecular weight excluding hydrogens is 336 g/mol. The molecule has 138 valence electrons. The molecule has 0 unspecified atom stereocenters. The number of benzene rings is 1. The second-order valence-corrected chi connectivity index (χ2v) is 5.76. The van der Waals surface area contributed by atoms with Gasteiger partial charge >= 0.3 is 0 Å². The van der Waals surface area contributed by atoms with Crippen molar-refractivity contribution in [2.45, 2.75) is 44.5 Å². The van der Waals surface area contributed by atoms with Gasteiger partial charge in [0.2, 0.25) is 12.2 Å². The van der Waals surface area contributed by atoms with Crippen LogP contribution in [0.5, 0.6) is 5.75 Å². The number of hydrogen-bond donors (Lipinski definition) is 4. The van der Waals surface area contributed by atoms with E-state index in [-0.39, 0.29) is 11.4 Å². The van der Waals surface area contributed by atoms with Crippen molar-refractivity contribution in [1.29, 1.82) is 0 Å². The standard InChI is InChI=1S/C15H20N2O8/c1-7-3-4-9(5-10(7)17(22)23)24-15-12(16-8(2)19)14(21)13(20)11(6-18)25-15/h3-5,11-15,18,20-21H,6H2,1-2H3,(H,16,19)/t11-,12-,13-,14-,15-/m1/s1. The van der Waals surface area contributed by atoms with E-state index in [1.807, 2.05) is 0 Å². The van der Waals surface area contributed by atoms with Gasteiger partial charge in [-0.05, 0) is 19.1 Å². The first kappa shape index (κ1) is 19.1. The van der Waals surface area contributed by atoms with Crippen LogP contribution in [-0.4, -0.2) is 63.4 Å². The van der Waals surface area contributed by atoms with Crippen molar-refractivity contribution in [3.63, 3.8) is 0 Å². The van der Waals surface area contributed by atoms with Crippen LogP contribution in [-0.2, 0) is 9.53 Å². The molecule has 1 aliphatic rings. The molecule has 1 aromatic carbocycles. The van der Waals surface area contributed by atoms with Crippen LogP contribution >= 0.6 is 0 Å². The second kappa shape index (κ2) is 7.74. The quantitative estimate of drug-likeness (QED) is 0.396. The molecule has 2 rings (SSSR count). The fraction of sp³-hybridized carbons (Fsp3) is 0.533. The molecular formula is C15H20N2O8. The van der Waals surface area contributed by atoms with Gasteiger partial charge in [-0.1, -0.05) is 0 Å². The first-order valence-electron chi connectivity index (χ1n) is 7.56. The summed E-state index contributed by atoms with van der Waals surface area (Å²) in [6.45, 7) is 2.20. The SMILES string of the molecule is CC(=O)N[C@H]1[C@H](Oc2ccc(C)c([N+](=O)[O-])c2)O[C@H](CO)[C@@H](O)[C@@H]1O. The van der Waals surface area contributed by atoms with Crippen molar-refractivity contribution in [3.05, 3.63) is 33.9 Å². The van der Waals surface area contributed by atoms with Gasteiger partial charge < -0.3 is 30.1 Å².